The van der Waals surface area contributed by atoms with Crippen molar-refractivity contribution in [2.45, 2.75) is 17.4 Å². The van der Waals surface area contributed by atoms with Crippen molar-refractivity contribution < 1.29 is 13.2 Å². The van der Waals surface area contributed by atoms with E-state index in [4.69, 9.17) is 5.73 Å². The van der Waals surface area contributed by atoms with Crippen LogP contribution >= 0.6 is 0 Å². The van der Waals surface area contributed by atoms with Crippen LogP contribution in [-0.2, 0) is 14.8 Å². The molecular weight excluding hydrogens is 280 g/mol. The number of nitrogen functional groups attached to an aromatic ring is 1. The normalized spacial score (nSPS) is 19.4. The van der Waals surface area contributed by atoms with Gasteiger partial charge in [0.1, 0.15) is 10.9 Å². The maximum absolute atomic E-state index is 11.8. The van der Waals surface area contributed by atoms with Gasteiger partial charge in [-0.1, -0.05) is 0 Å². The molecule has 1 heterocycles. The first kappa shape index (κ1) is 14.6. The Bertz CT molecular complexity index is 630. The molecule has 0 aliphatic carbocycles. The number of anilines is 2. The van der Waals surface area contributed by atoms with E-state index in [1.807, 2.05) is 0 Å². The Kier molecular flexibility index (Phi) is 3.87. The van der Waals surface area contributed by atoms with E-state index < -0.39 is 10.0 Å². The third-order valence-corrected chi connectivity index (χ3v) is 4.82. The lowest BCUT2D eigenvalue weighted by Gasteiger charge is -2.15. The summed E-state index contributed by atoms with van der Waals surface area (Å²) in [5.74, 6) is 0.0236. The molecule has 20 heavy (non-hydrogen) atoms. The van der Waals surface area contributed by atoms with Crippen molar-refractivity contribution in [1.29, 1.82) is 0 Å². The lowest BCUT2D eigenvalue weighted by Crippen LogP contribution is -2.31. The summed E-state index contributed by atoms with van der Waals surface area (Å²) in [6.45, 7) is 0.707. The highest BCUT2D eigenvalue weighted by atomic mass is 32.2. The van der Waals surface area contributed by atoms with Gasteiger partial charge in [0.05, 0.1) is 5.69 Å². The van der Waals surface area contributed by atoms with Crippen LogP contribution in [0.2, 0.25) is 0 Å². The van der Waals surface area contributed by atoms with Crippen LogP contribution in [0.25, 0.3) is 0 Å². The fraction of sp³-hybridized carbons (Fsp3) is 0.417. The number of likely N-dealkylation sites (N-methyl/N-ethyl adjacent to an activating group) is 1. The number of nitrogens with one attached hydrogen (secondary N) is 2. The van der Waals surface area contributed by atoms with Crippen molar-refractivity contribution in [3.8, 4) is 0 Å². The van der Waals surface area contributed by atoms with Crippen molar-refractivity contribution >= 4 is 27.3 Å². The Morgan fingerprint density at radius 2 is 2.10 bits per heavy atom. The Morgan fingerprint density at radius 1 is 1.40 bits per heavy atom. The quantitative estimate of drug-likeness (QED) is 0.669. The molecule has 1 amide bonds. The van der Waals surface area contributed by atoms with Gasteiger partial charge in [-0.05, 0) is 31.7 Å². The Hall–Kier alpha value is -1.80. The molecule has 0 aromatic heterocycles. The summed E-state index contributed by atoms with van der Waals surface area (Å²) in [6, 6.07) is 4.26. The molecular formula is C12H18N4O3S. The van der Waals surface area contributed by atoms with E-state index in [0.29, 0.717) is 18.7 Å². The molecule has 1 unspecified atom stereocenters. The number of nitrogens with zero attached hydrogens (tertiary/aromatic N) is 1. The number of amides is 1. The second kappa shape index (κ2) is 5.29. The topological polar surface area (TPSA) is 105 Å². The van der Waals surface area contributed by atoms with Gasteiger partial charge in [0.15, 0.2) is 0 Å². The van der Waals surface area contributed by atoms with Crippen molar-refractivity contribution in [2.75, 3.05) is 31.7 Å². The summed E-state index contributed by atoms with van der Waals surface area (Å²) < 4.78 is 25.6. The fourth-order valence-electron chi connectivity index (χ4n) is 2.15. The average molecular weight is 298 g/mol. The molecule has 1 aliphatic rings. The van der Waals surface area contributed by atoms with Crippen LogP contribution in [0.4, 0.5) is 11.4 Å². The van der Waals surface area contributed by atoms with Gasteiger partial charge in [-0.15, -0.1) is 0 Å². The molecule has 0 bridgehead atoms. The second-order valence-electron chi connectivity index (χ2n) is 4.71. The molecule has 0 spiro atoms. The average Bonchev–Trinajstić information content (AvgIpc) is 2.70. The number of carbonyl (C=O) groups excluding carboxylic acids is 1. The zero-order chi connectivity index (χ0) is 14.9. The summed E-state index contributed by atoms with van der Waals surface area (Å²) in [5.41, 5.74) is 6.54. The second-order valence-corrected chi connectivity index (χ2v) is 6.56. The van der Waals surface area contributed by atoms with Gasteiger partial charge >= 0.3 is 0 Å². The highest BCUT2D eigenvalue weighted by Crippen LogP contribution is 2.24. The van der Waals surface area contributed by atoms with Crippen LogP contribution < -0.4 is 15.8 Å². The minimum Gasteiger partial charge on any atom is -0.398 e. The molecule has 1 atom stereocenters. The zero-order valence-corrected chi connectivity index (χ0v) is 12.2. The van der Waals surface area contributed by atoms with E-state index in [9.17, 15) is 13.2 Å². The molecule has 1 saturated heterocycles. The smallest absolute Gasteiger partial charge is 0.244 e. The third kappa shape index (κ3) is 2.70. The van der Waals surface area contributed by atoms with Crippen LogP contribution in [0, 0.1) is 0 Å². The maximum Gasteiger partial charge on any atom is 0.244 e. The van der Waals surface area contributed by atoms with E-state index in [1.54, 1.807) is 18.0 Å². The summed E-state index contributed by atoms with van der Waals surface area (Å²) in [4.78, 5) is 13.5. The number of hydrogen-bond donors (Lipinski definition) is 3. The van der Waals surface area contributed by atoms with Gasteiger partial charge in [-0.2, -0.15) is 0 Å². The van der Waals surface area contributed by atoms with E-state index in [0.717, 1.165) is 0 Å². The zero-order valence-electron chi connectivity index (χ0n) is 11.4. The van der Waals surface area contributed by atoms with Crippen LogP contribution in [0.3, 0.4) is 0 Å². The van der Waals surface area contributed by atoms with Gasteiger partial charge in [-0.25, -0.2) is 13.1 Å². The molecule has 0 radical (unpaired) electrons. The third-order valence-electron chi connectivity index (χ3n) is 3.34. The maximum atomic E-state index is 11.8. The lowest BCUT2D eigenvalue weighted by atomic mass is 10.2. The Labute approximate surface area is 118 Å². The van der Waals surface area contributed by atoms with E-state index in [2.05, 4.69) is 10.0 Å². The lowest BCUT2D eigenvalue weighted by molar-refractivity contribution is -0.127. The number of sulfonamides is 1. The van der Waals surface area contributed by atoms with Crippen molar-refractivity contribution in [2.24, 2.45) is 0 Å². The first-order valence-electron chi connectivity index (χ1n) is 6.20. The number of benzene rings is 1. The number of hydrogen-bond acceptors (Lipinski definition) is 5. The molecule has 1 aromatic rings. The molecule has 1 aliphatic heterocycles. The first-order valence-corrected chi connectivity index (χ1v) is 7.68. The predicted molar refractivity (Wildman–Crippen MR) is 76.8 cm³/mol. The molecule has 4 N–H and O–H groups in total. The van der Waals surface area contributed by atoms with Crippen LogP contribution in [0.1, 0.15) is 6.42 Å². The number of rotatable bonds is 4. The molecule has 1 aromatic carbocycles. The Morgan fingerprint density at radius 3 is 2.60 bits per heavy atom. The fourth-order valence-corrected chi connectivity index (χ4v) is 2.99. The minimum atomic E-state index is -3.57. The Balaban J connectivity index is 2.20. The standard InChI is InChI=1S/C12H18N4O3S/c1-14-20(18,19)11-4-3-8(7-9(11)13)15-10-5-6-16(2)12(10)17/h3-4,7,10,14-15H,5-6,13H2,1-2H3. The highest BCUT2D eigenvalue weighted by molar-refractivity contribution is 7.89. The predicted octanol–water partition coefficient (Wildman–Crippen LogP) is -0.180. The summed E-state index contributed by atoms with van der Waals surface area (Å²) in [7, 11) is -0.492. The molecule has 110 valence electrons. The van der Waals surface area contributed by atoms with Crippen molar-refractivity contribution in [3.63, 3.8) is 0 Å². The van der Waals surface area contributed by atoms with Crippen LogP contribution in [-0.4, -0.2) is 45.9 Å². The number of carbonyl (C=O) groups is 1. The minimum absolute atomic E-state index is 0.0236. The van der Waals surface area contributed by atoms with Crippen molar-refractivity contribution in [1.82, 2.24) is 9.62 Å². The molecule has 0 saturated carbocycles. The van der Waals surface area contributed by atoms with E-state index in [-0.39, 0.29) is 22.5 Å². The van der Waals surface area contributed by atoms with Crippen LogP contribution in [0.15, 0.2) is 23.1 Å². The summed E-state index contributed by atoms with van der Waals surface area (Å²) >= 11 is 0. The van der Waals surface area contributed by atoms with Crippen LogP contribution in [0.5, 0.6) is 0 Å². The monoisotopic (exact) mass is 298 g/mol. The molecule has 2 rings (SSSR count). The van der Waals surface area contributed by atoms with Gasteiger partial charge in [-0.3, -0.25) is 4.79 Å². The van der Waals surface area contributed by atoms with Crippen molar-refractivity contribution in [3.05, 3.63) is 18.2 Å². The largest absolute Gasteiger partial charge is 0.398 e. The van der Waals surface area contributed by atoms with E-state index >= 15 is 0 Å². The van der Waals surface area contributed by atoms with Gasteiger partial charge in [0.2, 0.25) is 15.9 Å². The first-order chi connectivity index (χ1) is 9.35. The summed E-state index contributed by atoms with van der Waals surface area (Å²) in [6.07, 6.45) is 0.714. The van der Waals surface area contributed by atoms with E-state index in [1.165, 1.54) is 19.2 Å². The highest BCUT2D eigenvalue weighted by Gasteiger charge is 2.29. The summed E-state index contributed by atoms with van der Waals surface area (Å²) in [5, 5.41) is 3.07. The molecule has 7 nitrogen and oxygen atoms in total. The SMILES string of the molecule is CNS(=O)(=O)c1ccc(NC2CCN(C)C2=O)cc1N. The number of nitrogens with two attached hydrogens (primary N) is 1. The number of likely N-dealkylation sites (tertiary alicyclic amines) is 1. The van der Waals surface area contributed by atoms with Gasteiger partial charge in [0, 0.05) is 19.3 Å². The molecule has 1 fully saturated rings. The molecule has 8 heteroatoms. The van der Waals surface area contributed by atoms with Gasteiger partial charge < -0.3 is 16.0 Å². The van der Waals surface area contributed by atoms with Gasteiger partial charge in [0.25, 0.3) is 0 Å².